The van der Waals surface area contributed by atoms with Crippen LogP contribution in [0.4, 0.5) is 0 Å². The van der Waals surface area contributed by atoms with Gasteiger partial charge in [-0.3, -0.25) is 4.98 Å². The number of carbonyl (C=O) groups is 1. The third-order valence-corrected chi connectivity index (χ3v) is 4.48. The second-order valence-electron chi connectivity index (χ2n) is 5.61. The van der Waals surface area contributed by atoms with Crippen molar-refractivity contribution < 1.29 is 14.6 Å². The van der Waals surface area contributed by atoms with Gasteiger partial charge in [-0.1, -0.05) is 11.6 Å². The average molecular weight is 345 g/mol. The molecule has 6 heteroatoms. The molecule has 1 N–H and O–H groups in total. The first-order chi connectivity index (χ1) is 11.5. The maximum Gasteiger partial charge on any atom is 0.352 e. The van der Waals surface area contributed by atoms with Crippen LogP contribution in [0, 0.1) is 13.8 Å². The van der Waals surface area contributed by atoms with E-state index >= 15 is 0 Å². The van der Waals surface area contributed by atoms with Crippen molar-refractivity contribution >= 4 is 28.6 Å². The van der Waals surface area contributed by atoms with Crippen LogP contribution in [0.25, 0.3) is 11.0 Å². The second kappa shape index (κ2) is 6.53. The molecule has 0 unspecified atom stereocenters. The summed E-state index contributed by atoms with van der Waals surface area (Å²) in [7, 11) is 0. The van der Waals surface area contributed by atoms with E-state index in [0.29, 0.717) is 18.7 Å². The van der Waals surface area contributed by atoms with Gasteiger partial charge >= 0.3 is 5.97 Å². The van der Waals surface area contributed by atoms with Gasteiger partial charge in [0.1, 0.15) is 18.1 Å². The average Bonchev–Trinajstić information content (AvgIpc) is 2.92. The van der Waals surface area contributed by atoms with Gasteiger partial charge in [-0.05, 0) is 55.3 Å². The SMILES string of the molecule is Cc1cc(OCCn2c(C(=O)O)cc3ncccc32)cc(C)c1Cl. The number of rotatable bonds is 5. The number of aryl methyl sites for hydroxylation is 2. The first kappa shape index (κ1) is 16.3. The van der Waals surface area contributed by atoms with Gasteiger partial charge in [-0.15, -0.1) is 0 Å². The number of carboxylic acids is 1. The van der Waals surface area contributed by atoms with Gasteiger partial charge in [0.15, 0.2) is 0 Å². The zero-order valence-corrected chi connectivity index (χ0v) is 14.2. The summed E-state index contributed by atoms with van der Waals surface area (Å²) >= 11 is 6.15. The van der Waals surface area contributed by atoms with Crippen molar-refractivity contribution in [3.63, 3.8) is 0 Å². The van der Waals surface area contributed by atoms with E-state index in [1.807, 2.05) is 32.0 Å². The number of ether oxygens (including phenoxy) is 1. The van der Waals surface area contributed by atoms with E-state index in [1.165, 1.54) is 0 Å². The van der Waals surface area contributed by atoms with Gasteiger partial charge in [0.2, 0.25) is 0 Å². The van der Waals surface area contributed by atoms with Crippen LogP contribution in [0.2, 0.25) is 5.02 Å². The smallest absolute Gasteiger partial charge is 0.352 e. The van der Waals surface area contributed by atoms with E-state index in [4.69, 9.17) is 16.3 Å². The monoisotopic (exact) mass is 344 g/mol. The molecule has 0 spiro atoms. The molecule has 5 nitrogen and oxygen atoms in total. The number of carboxylic acid groups (broad SMARTS) is 1. The molecule has 24 heavy (non-hydrogen) atoms. The molecule has 2 heterocycles. The molecule has 0 atom stereocenters. The van der Waals surface area contributed by atoms with Gasteiger partial charge < -0.3 is 14.4 Å². The molecule has 0 fully saturated rings. The fraction of sp³-hybridized carbons (Fsp3) is 0.222. The highest BCUT2D eigenvalue weighted by Gasteiger charge is 2.15. The number of benzene rings is 1. The molecule has 0 aliphatic carbocycles. The van der Waals surface area contributed by atoms with Crippen LogP contribution in [0.15, 0.2) is 36.5 Å². The Morgan fingerprint density at radius 1 is 1.29 bits per heavy atom. The van der Waals surface area contributed by atoms with E-state index in [2.05, 4.69) is 4.98 Å². The number of pyridine rings is 1. The number of hydrogen-bond donors (Lipinski definition) is 1. The van der Waals surface area contributed by atoms with Crippen molar-refractivity contribution in [2.75, 3.05) is 6.61 Å². The van der Waals surface area contributed by atoms with Crippen LogP contribution in [0.1, 0.15) is 21.6 Å². The Labute approximate surface area is 144 Å². The maximum absolute atomic E-state index is 11.4. The second-order valence-corrected chi connectivity index (χ2v) is 5.99. The zero-order chi connectivity index (χ0) is 17.3. The molecule has 0 saturated carbocycles. The molecule has 0 bridgehead atoms. The van der Waals surface area contributed by atoms with E-state index < -0.39 is 5.97 Å². The quantitative estimate of drug-likeness (QED) is 0.757. The first-order valence-electron chi connectivity index (χ1n) is 7.54. The van der Waals surface area contributed by atoms with Gasteiger partial charge in [-0.25, -0.2) is 4.79 Å². The topological polar surface area (TPSA) is 64.3 Å². The van der Waals surface area contributed by atoms with E-state index in [9.17, 15) is 9.90 Å². The maximum atomic E-state index is 11.4. The Morgan fingerprint density at radius 2 is 2.00 bits per heavy atom. The summed E-state index contributed by atoms with van der Waals surface area (Å²) in [5, 5.41) is 10.1. The Bertz CT molecular complexity index is 895. The van der Waals surface area contributed by atoms with E-state index in [1.54, 1.807) is 22.9 Å². The lowest BCUT2D eigenvalue weighted by Gasteiger charge is -2.12. The summed E-state index contributed by atoms with van der Waals surface area (Å²) in [6, 6.07) is 8.97. The minimum Gasteiger partial charge on any atom is -0.492 e. The molecule has 1 aromatic carbocycles. The molecule has 3 aromatic rings. The molecular formula is C18H17ClN2O3. The summed E-state index contributed by atoms with van der Waals surface area (Å²) in [6.07, 6.45) is 1.65. The molecule has 0 radical (unpaired) electrons. The van der Waals surface area contributed by atoms with Crippen LogP contribution in [-0.4, -0.2) is 27.2 Å². The predicted molar refractivity (Wildman–Crippen MR) is 93.1 cm³/mol. The van der Waals surface area contributed by atoms with Crippen molar-refractivity contribution in [3.05, 3.63) is 58.4 Å². The molecular weight excluding hydrogens is 328 g/mol. The van der Waals surface area contributed by atoms with Crippen molar-refractivity contribution in [1.29, 1.82) is 0 Å². The van der Waals surface area contributed by atoms with E-state index in [0.717, 1.165) is 27.4 Å². The van der Waals surface area contributed by atoms with Crippen LogP contribution in [0.3, 0.4) is 0 Å². The van der Waals surface area contributed by atoms with Crippen molar-refractivity contribution in [3.8, 4) is 5.75 Å². The number of nitrogens with zero attached hydrogens (tertiary/aromatic N) is 2. The van der Waals surface area contributed by atoms with Crippen molar-refractivity contribution in [1.82, 2.24) is 9.55 Å². The summed E-state index contributed by atoms with van der Waals surface area (Å²) in [5.74, 6) is -0.257. The lowest BCUT2D eigenvalue weighted by atomic mass is 10.1. The van der Waals surface area contributed by atoms with E-state index in [-0.39, 0.29) is 5.69 Å². The van der Waals surface area contributed by atoms with Crippen LogP contribution in [-0.2, 0) is 6.54 Å². The molecule has 0 amide bonds. The number of aromatic carboxylic acids is 1. The standard InChI is InChI=1S/C18H17ClN2O3/c1-11-8-13(9-12(2)17(11)19)24-7-6-21-15-4-3-5-20-14(15)10-16(21)18(22)23/h3-5,8-10H,6-7H2,1-2H3,(H,22,23). The number of aromatic nitrogens is 2. The molecule has 2 aromatic heterocycles. The summed E-state index contributed by atoms with van der Waals surface area (Å²) in [5.41, 5.74) is 3.55. The Morgan fingerprint density at radius 3 is 2.67 bits per heavy atom. The summed E-state index contributed by atoms with van der Waals surface area (Å²) in [6.45, 7) is 4.61. The Hall–Kier alpha value is -2.53. The predicted octanol–water partition coefficient (Wildman–Crippen LogP) is 4.08. The van der Waals surface area contributed by atoms with Gasteiger partial charge in [0.05, 0.1) is 17.6 Å². The Kier molecular flexibility index (Phi) is 4.44. The highest BCUT2D eigenvalue weighted by atomic mass is 35.5. The minimum atomic E-state index is -0.980. The van der Waals surface area contributed by atoms with Gasteiger partial charge in [0.25, 0.3) is 0 Å². The summed E-state index contributed by atoms with van der Waals surface area (Å²) < 4.78 is 7.50. The Balaban J connectivity index is 1.81. The summed E-state index contributed by atoms with van der Waals surface area (Å²) in [4.78, 5) is 15.7. The number of hydrogen-bond acceptors (Lipinski definition) is 3. The largest absolute Gasteiger partial charge is 0.492 e. The van der Waals surface area contributed by atoms with Crippen molar-refractivity contribution in [2.45, 2.75) is 20.4 Å². The molecule has 0 aliphatic heterocycles. The molecule has 0 aliphatic rings. The van der Waals surface area contributed by atoms with Crippen LogP contribution >= 0.6 is 11.6 Å². The van der Waals surface area contributed by atoms with Crippen LogP contribution < -0.4 is 4.74 Å². The third-order valence-electron chi connectivity index (χ3n) is 3.88. The lowest BCUT2D eigenvalue weighted by Crippen LogP contribution is -2.13. The van der Waals surface area contributed by atoms with Gasteiger partial charge in [0, 0.05) is 11.2 Å². The van der Waals surface area contributed by atoms with Gasteiger partial charge in [-0.2, -0.15) is 0 Å². The third kappa shape index (κ3) is 3.08. The number of fused-ring (bicyclic) bond motifs is 1. The highest BCUT2D eigenvalue weighted by Crippen LogP contribution is 2.26. The minimum absolute atomic E-state index is 0.204. The normalized spacial score (nSPS) is 11.0. The fourth-order valence-corrected chi connectivity index (χ4v) is 2.86. The molecule has 0 saturated heterocycles. The lowest BCUT2D eigenvalue weighted by molar-refractivity contribution is 0.0684. The zero-order valence-electron chi connectivity index (χ0n) is 13.4. The van der Waals surface area contributed by atoms with Crippen LogP contribution in [0.5, 0.6) is 5.75 Å². The first-order valence-corrected chi connectivity index (χ1v) is 7.92. The number of halogens is 1. The van der Waals surface area contributed by atoms with Crippen molar-refractivity contribution in [2.24, 2.45) is 0 Å². The fourth-order valence-electron chi connectivity index (χ4n) is 2.75. The molecule has 3 rings (SSSR count). The molecule has 124 valence electrons. The highest BCUT2D eigenvalue weighted by molar-refractivity contribution is 6.32.